The third-order valence-electron chi connectivity index (χ3n) is 3.64. The molecular formula is C15H26BrN5. The highest BCUT2D eigenvalue weighted by atomic mass is 79.9. The van der Waals surface area contributed by atoms with Crippen molar-refractivity contribution in [2.45, 2.75) is 27.2 Å². The summed E-state index contributed by atoms with van der Waals surface area (Å²) in [5.74, 6) is 2.35. The van der Waals surface area contributed by atoms with Crippen LogP contribution in [0.5, 0.6) is 0 Å². The second-order valence-corrected chi connectivity index (χ2v) is 6.84. The summed E-state index contributed by atoms with van der Waals surface area (Å²) < 4.78 is 1.01. The van der Waals surface area contributed by atoms with E-state index >= 15 is 0 Å². The van der Waals surface area contributed by atoms with Gasteiger partial charge in [0.1, 0.15) is 5.82 Å². The van der Waals surface area contributed by atoms with Gasteiger partial charge in [0.25, 0.3) is 0 Å². The highest BCUT2D eigenvalue weighted by molar-refractivity contribution is 9.10. The summed E-state index contributed by atoms with van der Waals surface area (Å²) in [6.45, 7) is 11.5. The van der Waals surface area contributed by atoms with Gasteiger partial charge < -0.3 is 15.1 Å². The predicted molar refractivity (Wildman–Crippen MR) is 92.1 cm³/mol. The lowest BCUT2D eigenvalue weighted by atomic mass is 10.1. The Bertz CT molecular complexity index is 469. The van der Waals surface area contributed by atoms with E-state index in [0.29, 0.717) is 5.92 Å². The summed E-state index contributed by atoms with van der Waals surface area (Å²) >= 11 is 3.66. The molecule has 2 heterocycles. The van der Waals surface area contributed by atoms with E-state index in [2.05, 4.69) is 58.9 Å². The summed E-state index contributed by atoms with van der Waals surface area (Å²) in [7, 11) is 2.16. The smallest absolute Gasteiger partial charge is 0.227 e. The Balaban J connectivity index is 2.29. The molecule has 1 N–H and O–H groups in total. The molecule has 0 radical (unpaired) electrons. The van der Waals surface area contributed by atoms with E-state index in [0.717, 1.165) is 61.1 Å². The quantitative estimate of drug-likeness (QED) is 0.879. The molecule has 0 aromatic carbocycles. The molecule has 2 rings (SSSR count). The van der Waals surface area contributed by atoms with Gasteiger partial charge in [-0.25, -0.2) is 4.98 Å². The first kappa shape index (κ1) is 16.5. The number of aromatic nitrogens is 2. The number of piperazine rings is 1. The molecule has 1 fully saturated rings. The van der Waals surface area contributed by atoms with E-state index in [4.69, 9.17) is 9.97 Å². The summed E-state index contributed by atoms with van der Waals surface area (Å²) in [6.07, 6.45) is 0.961. The monoisotopic (exact) mass is 355 g/mol. The van der Waals surface area contributed by atoms with Gasteiger partial charge >= 0.3 is 0 Å². The van der Waals surface area contributed by atoms with Crippen molar-refractivity contribution < 1.29 is 0 Å². The van der Waals surface area contributed by atoms with Crippen molar-refractivity contribution in [3.05, 3.63) is 10.2 Å². The zero-order chi connectivity index (χ0) is 15.4. The van der Waals surface area contributed by atoms with Crippen LogP contribution in [0, 0.1) is 5.92 Å². The number of rotatable bonds is 5. The second-order valence-electron chi connectivity index (χ2n) is 6.05. The molecule has 1 aliphatic heterocycles. The standard InChI is InChI=1S/C15H26BrN5/c1-5-17-14-13(16)12(10-11(2)3)18-15(19-14)21-8-6-20(4)7-9-21/h11H,5-10H2,1-4H3,(H,17,18,19). The van der Waals surface area contributed by atoms with Crippen LogP contribution in [-0.2, 0) is 6.42 Å². The number of hydrogen-bond donors (Lipinski definition) is 1. The average Bonchev–Trinajstić information content (AvgIpc) is 2.43. The molecule has 1 aromatic rings. The Morgan fingerprint density at radius 1 is 1.19 bits per heavy atom. The molecule has 21 heavy (non-hydrogen) atoms. The molecule has 1 saturated heterocycles. The van der Waals surface area contributed by atoms with Crippen molar-refractivity contribution in [3.8, 4) is 0 Å². The SMILES string of the molecule is CCNc1nc(N2CCN(C)CC2)nc(CC(C)C)c1Br. The summed E-state index contributed by atoms with van der Waals surface area (Å²) in [6, 6.07) is 0. The van der Waals surface area contributed by atoms with Crippen molar-refractivity contribution in [1.29, 1.82) is 0 Å². The lowest BCUT2D eigenvalue weighted by molar-refractivity contribution is 0.311. The van der Waals surface area contributed by atoms with Crippen LogP contribution in [0.15, 0.2) is 4.47 Å². The van der Waals surface area contributed by atoms with Crippen LogP contribution < -0.4 is 10.2 Å². The third kappa shape index (κ3) is 4.30. The van der Waals surface area contributed by atoms with Gasteiger partial charge in [-0.15, -0.1) is 0 Å². The normalized spacial score (nSPS) is 16.6. The van der Waals surface area contributed by atoms with Crippen molar-refractivity contribution >= 4 is 27.7 Å². The molecule has 1 aliphatic rings. The maximum absolute atomic E-state index is 4.81. The van der Waals surface area contributed by atoms with Crippen molar-refractivity contribution in [3.63, 3.8) is 0 Å². The Morgan fingerprint density at radius 2 is 1.86 bits per heavy atom. The van der Waals surface area contributed by atoms with Crippen LogP contribution in [0.3, 0.4) is 0 Å². The van der Waals surface area contributed by atoms with E-state index in [9.17, 15) is 0 Å². The summed E-state index contributed by atoms with van der Waals surface area (Å²) in [5, 5.41) is 3.34. The van der Waals surface area contributed by atoms with Crippen LogP contribution in [-0.4, -0.2) is 54.6 Å². The lowest BCUT2D eigenvalue weighted by Crippen LogP contribution is -2.45. The van der Waals surface area contributed by atoms with Crippen molar-refractivity contribution in [2.75, 3.05) is 50.0 Å². The van der Waals surface area contributed by atoms with Crippen LogP contribution in [0.4, 0.5) is 11.8 Å². The van der Waals surface area contributed by atoms with E-state index in [1.54, 1.807) is 0 Å². The number of halogens is 1. The molecule has 0 spiro atoms. The number of nitrogens with one attached hydrogen (secondary N) is 1. The van der Waals surface area contributed by atoms with Gasteiger partial charge in [-0.1, -0.05) is 13.8 Å². The zero-order valence-electron chi connectivity index (χ0n) is 13.5. The molecule has 118 valence electrons. The van der Waals surface area contributed by atoms with Gasteiger partial charge in [-0.05, 0) is 42.2 Å². The summed E-state index contributed by atoms with van der Waals surface area (Å²) in [4.78, 5) is 14.2. The van der Waals surface area contributed by atoms with Crippen molar-refractivity contribution in [1.82, 2.24) is 14.9 Å². The molecule has 6 heteroatoms. The minimum Gasteiger partial charge on any atom is -0.369 e. The van der Waals surface area contributed by atoms with Gasteiger partial charge in [0, 0.05) is 32.7 Å². The van der Waals surface area contributed by atoms with Crippen LogP contribution in [0.25, 0.3) is 0 Å². The molecule has 0 saturated carbocycles. The number of likely N-dealkylation sites (N-methyl/N-ethyl adjacent to an activating group) is 1. The largest absolute Gasteiger partial charge is 0.369 e. The fourth-order valence-electron chi connectivity index (χ4n) is 2.43. The molecule has 0 atom stereocenters. The predicted octanol–water partition coefficient (Wildman–Crippen LogP) is 2.62. The second kappa shape index (κ2) is 7.40. The van der Waals surface area contributed by atoms with Crippen LogP contribution >= 0.6 is 15.9 Å². The van der Waals surface area contributed by atoms with Crippen LogP contribution in [0.2, 0.25) is 0 Å². The van der Waals surface area contributed by atoms with E-state index in [1.165, 1.54) is 0 Å². The fraction of sp³-hybridized carbons (Fsp3) is 0.733. The highest BCUT2D eigenvalue weighted by Crippen LogP contribution is 2.28. The first-order valence-electron chi connectivity index (χ1n) is 7.75. The maximum Gasteiger partial charge on any atom is 0.227 e. The first-order valence-corrected chi connectivity index (χ1v) is 8.54. The third-order valence-corrected chi connectivity index (χ3v) is 4.47. The lowest BCUT2D eigenvalue weighted by Gasteiger charge is -2.33. The molecule has 0 bridgehead atoms. The molecule has 1 aromatic heterocycles. The topological polar surface area (TPSA) is 44.3 Å². The summed E-state index contributed by atoms with van der Waals surface area (Å²) in [5.41, 5.74) is 1.10. The molecule has 0 unspecified atom stereocenters. The van der Waals surface area contributed by atoms with Gasteiger partial charge in [-0.2, -0.15) is 4.98 Å². The van der Waals surface area contributed by atoms with E-state index < -0.39 is 0 Å². The van der Waals surface area contributed by atoms with Gasteiger partial charge in [0.2, 0.25) is 5.95 Å². The number of anilines is 2. The van der Waals surface area contributed by atoms with Crippen molar-refractivity contribution in [2.24, 2.45) is 5.92 Å². The minimum atomic E-state index is 0.575. The van der Waals surface area contributed by atoms with E-state index in [1.807, 2.05) is 0 Å². The minimum absolute atomic E-state index is 0.575. The molecule has 0 aliphatic carbocycles. The van der Waals surface area contributed by atoms with Crippen LogP contribution in [0.1, 0.15) is 26.5 Å². The zero-order valence-corrected chi connectivity index (χ0v) is 15.1. The highest BCUT2D eigenvalue weighted by Gasteiger charge is 2.20. The number of hydrogen-bond acceptors (Lipinski definition) is 5. The Hall–Kier alpha value is -0.880. The first-order chi connectivity index (χ1) is 10.0. The molecular weight excluding hydrogens is 330 g/mol. The average molecular weight is 356 g/mol. The van der Waals surface area contributed by atoms with E-state index in [-0.39, 0.29) is 0 Å². The van der Waals surface area contributed by atoms with Gasteiger partial charge in [0.05, 0.1) is 10.2 Å². The molecule has 5 nitrogen and oxygen atoms in total. The Labute approximate surface area is 136 Å². The number of nitrogens with zero attached hydrogens (tertiary/aromatic N) is 4. The maximum atomic E-state index is 4.81. The van der Waals surface area contributed by atoms with Gasteiger partial charge in [-0.3, -0.25) is 0 Å². The molecule has 0 amide bonds. The van der Waals surface area contributed by atoms with Gasteiger partial charge in [0.15, 0.2) is 0 Å². The Morgan fingerprint density at radius 3 is 2.43 bits per heavy atom. The Kier molecular flexibility index (Phi) is 5.81. The fourth-order valence-corrected chi connectivity index (χ4v) is 2.91.